The highest BCUT2D eigenvalue weighted by molar-refractivity contribution is 5.79. The van der Waals surface area contributed by atoms with E-state index in [0.717, 1.165) is 6.54 Å². The van der Waals surface area contributed by atoms with Crippen molar-refractivity contribution in [3.8, 4) is 0 Å². The molecule has 1 atom stereocenters. The number of amides is 1. The number of hydrogen-bond donors (Lipinski definition) is 1. The molecule has 0 aromatic heterocycles. The molecular weight excluding hydrogens is 162 g/mol. The smallest absolute Gasteiger partial charge is 0.220 e. The average Bonchev–Trinajstić information content (AvgIpc) is 2.53. The van der Waals surface area contributed by atoms with Crippen molar-refractivity contribution in [1.82, 2.24) is 5.32 Å². The Morgan fingerprint density at radius 2 is 2.00 bits per heavy atom. The molecule has 68 valence electrons. The summed E-state index contributed by atoms with van der Waals surface area (Å²) in [7, 11) is 0. The zero-order chi connectivity index (χ0) is 9.26. The van der Waals surface area contributed by atoms with Crippen LogP contribution in [-0.2, 0) is 4.79 Å². The van der Waals surface area contributed by atoms with E-state index in [1.54, 1.807) is 0 Å². The summed E-state index contributed by atoms with van der Waals surface area (Å²) < 4.78 is 0. The fraction of sp³-hybridized carbons (Fsp3) is 0.364. The SMILES string of the molecule is Cc1ccc([C@@H]2CNC(=O)C2)cc1. The van der Waals surface area contributed by atoms with Gasteiger partial charge in [-0.05, 0) is 12.5 Å². The first kappa shape index (κ1) is 8.30. The first-order chi connectivity index (χ1) is 6.25. The minimum absolute atomic E-state index is 0.172. The van der Waals surface area contributed by atoms with Crippen LogP contribution in [-0.4, -0.2) is 12.5 Å². The van der Waals surface area contributed by atoms with Gasteiger partial charge in [0.15, 0.2) is 0 Å². The van der Waals surface area contributed by atoms with Crippen molar-refractivity contribution in [1.29, 1.82) is 0 Å². The molecule has 2 rings (SSSR count). The molecular formula is C11H13NO. The van der Waals surface area contributed by atoms with Crippen LogP contribution < -0.4 is 5.32 Å². The second kappa shape index (κ2) is 3.21. The van der Waals surface area contributed by atoms with Gasteiger partial charge in [0.25, 0.3) is 0 Å². The Kier molecular flexibility index (Phi) is 2.05. The monoisotopic (exact) mass is 175 g/mol. The van der Waals surface area contributed by atoms with Crippen LogP contribution in [0.5, 0.6) is 0 Å². The van der Waals surface area contributed by atoms with E-state index in [1.165, 1.54) is 11.1 Å². The number of carbonyl (C=O) groups excluding carboxylic acids is 1. The molecule has 0 unspecified atom stereocenters. The van der Waals surface area contributed by atoms with Crippen LogP contribution in [0, 0.1) is 6.92 Å². The topological polar surface area (TPSA) is 29.1 Å². The molecule has 0 bridgehead atoms. The summed E-state index contributed by atoms with van der Waals surface area (Å²) in [6.07, 6.45) is 0.642. The first-order valence-electron chi connectivity index (χ1n) is 4.59. The highest BCUT2D eigenvalue weighted by Crippen LogP contribution is 2.22. The maximum atomic E-state index is 11.0. The van der Waals surface area contributed by atoms with E-state index in [4.69, 9.17) is 0 Å². The minimum Gasteiger partial charge on any atom is -0.355 e. The maximum absolute atomic E-state index is 11.0. The van der Waals surface area contributed by atoms with Gasteiger partial charge in [-0.3, -0.25) is 4.79 Å². The molecule has 1 fully saturated rings. The van der Waals surface area contributed by atoms with E-state index in [-0.39, 0.29) is 5.91 Å². The molecule has 0 spiro atoms. The van der Waals surface area contributed by atoms with E-state index in [0.29, 0.717) is 12.3 Å². The van der Waals surface area contributed by atoms with E-state index in [9.17, 15) is 4.79 Å². The molecule has 13 heavy (non-hydrogen) atoms. The number of hydrogen-bond acceptors (Lipinski definition) is 1. The number of rotatable bonds is 1. The summed E-state index contributed by atoms with van der Waals surface area (Å²) in [6, 6.07) is 8.41. The van der Waals surface area contributed by atoms with Gasteiger partial charge in [-0.25, -0.2) is 0 Å². The van der Waals surface area contributed by atoms with Crippen LogP contribution in [0.3, 0.4) is 0 Å². The van der Waals surface area contributed by atoms with Crippen LogP contribution in [0.2, 0.25) is 0 Å². The fourth-order valence-electron chi connectivity index (χ4n) is 1.68. The second-order valence-corrected chi connectivity index (χ2v) is 3.62. The molecule has 2 heteroatoms. The Bertz CT molecular complexity index is 315. The quantitative estimate of drug-likeness (QED) is 0.690. The molecule has 0 aliphatic carbocycles. The average molecular weight is 175 g/mol. The Hall–Kier alpha value is -1.31. The fourth-order valence-corrected chi connectivity index (χ4v) is 1.68. The Morgan fingerprint density at radius 3 is 2.54 bits per heavy atom. The van der Waals surface area contributed by atoms with Crippen molar-refractivity contribution < 1.29 is 4.79 Å². The molecule has 0 saturated carbocycles. The molecule has 1 heterocycles. The predicted molar refractivity (Wildman–Crippen MR) is 51.5 cm³/mol. The van der Waals surface area contributed by atoms with Gasteiger partial charge in [0.1, 0.15) is 0 Å². The number of benzene rings is 1. The third-order valence-corrected chi connectivity index (χ3v) is 2.53. The summed E-state index contributed by atoms with van der Waals surface area (Å²) in [5.41, 5.74) is 2.53. The molecule has 1 amide bonds. The Morgan fingerprint density at radius 1 is 1.31 bits per heavy atom. The van der Waals surface area contributed by atoms with Crippen molar-refractivity contribution >= 4 is 5.91 Å². The number of nitrogens with one attached hydrogen (secondary N) is 1. The van der Waals surface area contributed by atoms with E-state index >= 15 is 0 Å². The molecule has 1 N–H and O–H groups in total. The van der Waals surface area contributed by atoms with E-state index in [2.05, 4.69) is 36.5 Å². The minimum atomic E-state index is 0.172. The van der Waals surface area contributed by atoms with Gasteiger partial charge >= 0.3 is 0 Å². The van der Waals surface area contributed by atoms with Crippen molar-refractivity contribution in [2.24, 2.45) is 0 Å². The molecule has 1 aliphatic heterocycles. The third kappa shape index (κ3) is 1.72. The van der Waals surface area contributed by atoms with Gasteiger partial charge < -0.3 is 5.32 Å². The largest absolute Gasteiger partial charge is 0.355 e. The highest BCUT2D eigenvalue weighted by Gasteiger charge is 2.22. The van der Waals surface area contributed by atoms with E-state index in [1.807, 2.05) is 0 Å². The van der Waals surface area contributed by atoms with Crippen molar-refractivity contribution in [2.75, 3.05) is 6.54 Å². The maximum Gasteiger partial charge on any atom is 0.220 e. The molecule has 1 aliphatic rings. The van der Waals surface area contributed by atoms with Crippen molar-refractivity contribution in [2.45, 2.75) is 19.3 Å². The number of aryl methyl sites for hydroxylation is 1. The zero-order valence-corrected chi connectivity index (χ0v) is 7.71. The molecule has 1 aromatic carbocycles. The predicted octanol–water partition coefficient (Wildman–Crippen LogP) is 1.60. The van der Waals surface area contributed by atoms with Gasteiger partial charge in [-0.1, -0.05) is 29.8 Å². The van der Waals surface area contributed by atoms with Gasteiger partial charge in [0, 0.05) is 18.9 Å². The summed E-state index contributed by atoms with van der Waals surface area (Å²) >= 11 is 0. The standard InChI is InChI=1S/C11H13NO/c1-8-2-4-9(5-3-8)10-6-11(13)12-7-10/h2-5,10H,6-7H2,1H3,(H,12,13)/t10-/m0/s1. The van der Waals surface area contributed by atoms with Gasteiger partial charge in [0.05, 0.1) is 0 Å². The van der Waals surface area contributed by atoms with Crippen molar-refractivity contribution in [3.05, 3.63) is 35.4 Å². The van der Waals surface area contributed by atoms with Gasteiger partial charge in [-0.2, -0.15) is 0 Å². The first-order valence-corrected chi connectivity index (χ1v) is 4.59. The summed E-state index contributed by atoms with van der Waals surface area (Å²) in [5, 5.41) is 2.84. The normalized spacial score (nSPS) is 21.6. The van der Waals surface area contributed by atoms with Gasteiger partial charge in [-0.15, -0.1) is 0 Å². The number of carbonyl (C=O) groups is 1. The van der Waals surface area contributed by atoms with Crippen LogP contribution >= 0.6 is 0 Å². The molecule has 0 radical (unpaired) electrons. The lowest BCUT2D eigenvalue weighted by Gasteiger charge is -2.06. The lowest BCUT2D eigenvalue weighted by atomic mass is 9.97. The van der Waals surface area contributed by atoms with Gasteiger partial charge in [0.2, 0.25) is 5.91 Å². The van der Waals surface area contributed by atoms with Crippen LogP contribution in [0.15, 0.2) is 24.3 Å². The second-order valence-electron chi connectivity index (χ2n) is 3.62. The summed E-state index contributed by atoms with van der Waals surface area (Å²) in [5.74, 6) is 0.554. The molecule has 1 saturated heterocycles. The zero-order valence-electron chi connectivity index (χ0n) is 7.71. The Balaban J connectivity index is 2.17. The van der Waals surface area contributed by atoms with Crippen molar-refractivity contribution in [3.63, 3.8) is 0 Å². The lowest BCUT2D eigenvalue weighted by Crippen LogP contribution is -2.13. The van der Waals surface area contributed by atoms with Crippen LogP contribution in [0.4, 0.5) is 0 Å². The Labute approximate surface area is 78.0 Å². The summed E-state index contributed by atoms with van der Waals surface area (Å²) in [6.45, 7) is 2.86. The molecule has 1 aromatic rings. The van der Waals surface area contributed by atoms with E-state index < -0.39 is 0 Å². The summed E-state index contributed by atoms with van der Waals surface area (Å²) in [4.78, 5) is 11.0. The van der Waals surface area contributed by atoms with Crippen LogP contribution in [0.25, 0.3) is 0 Å². The third-order valence-electron chi connectivity index (χ3n) is 2.53. The van der Waals surface area contributed by atoms with Crippen LogP contribution in [0.1, 0.15) is 23.5 Å². The highest BCUT2D eigenvalue weighted by atomic mass is 16.1. The molecule has 2 nitrogen and oxygen atoms in total. The lowest BCUT2D eigenvalue weighted by molar-refractivity contribution is -0.119.